The molecule has 2 aliphatic carbocycles. The Hall–Kier alpha value is -1.58. The summed E-state index contributed by atoms with van der Waals surface area (Å²) in [4.78, 5) is 2.66. The van der Waals surface area contributed by atoms with Crippen LogP contribution in [0.3, 0.4) is 0 Å². The molecule has 2 N–H and O–H groups in total. The molecule has 1 aromatic carbocycles. The van der Waals surface area contributed by atoms with Crippen molar-refractivity contribution in [2.45, 2.75) is 89.9 Å². The molecule has 0 amide bonds. The molecular weight excluding hydrogens is 356 g/mol. The maximum atomic E-state index is 6.10. The van der Waals surface area contributed by atoms with E-state index < -0.39 is 0 Å². The van der Waals surface area contributed by atoms with Gasteiger partial charge in [0.25, 0.3) is 0 Å². The summed E-state index contributed by atoms with van der Waals surface area (Å²) in [7, 11) is 0. The monoisotopic (exact) mass is 394 g/mol. The first-order valence-corrected chi connectivity index (χ1v) is 11.7. The normalized spacial score (nSPS) is 28.0. The third-order valence-electron chi connectivity index (χ3n) is 7.30. The van der Waals surface area contributed by atoms with Crippen molar-refractivity contribution in [1.82, 2.24) is 4.90 Å². The van der Waals surface area contributed by atoms with Crippen LogP contribution in [-0.4, -0.2) is 17.0 Å². The molecule has 2 aromatic rings. The molecule has 0 bridgehead atoms. The van der Waals surface area contributed by atoms with Crippen molar-refractivity contribution in [3.63, 3.8) is 0 Å². The topological polar surface area (TPSA) is 42.4 Å². The second-order valence-corrected chi connectivity index (χ2v) is 9.66. The van der Waals surface area contributed by atoms with Crippen LogP contribution in [0.15, 0.2) is 47.1 Å². The van der Waals surface area contributed by atoms with E-state index in [1.807, 2.05) is 6.07 Å². The number of nitrogens with two attached hydrogens (primary N) is 1. The predicted molar refractivity (Wildman–Crippen MR) is 119 cm³/mol. The van der Waals surface area contributed by atoms with Gasteiger partial charge in [-0.3, -0.25) is 4.90 Å². The fourth-order valence-electron chi connectivity index (χ4n) is 5.60. The number of furan rings is 1. The molecule has 29 heavy (non-hydrogen) atoms. The van der Waals surface area contributed by atoms with Crippen molar-refractivity contribution in [2.24, 2.45) is 17.6 Å². The molecule has 4 rings (SSSR count). The molecule has 0 unspecified atom stereocenters. The SMILES string of the molecule is Cc1cccc(CN(Cc2ccco2)C2CCC(CC3CCC(N)CC3)CC2)c1. The van der Waals surface area contributed by atoms with E-state index in [-0.39, 0.29) is 0 Å². The molecule has 1 heterocycles. The van der Waals surface area contributed by atoms with Crippen molar-refractivity contribution in [3.05, 3.63) is 59.5 Å². The molecule has 158 valence electrons. The Bertz CT molecular complexity index is 725. The second-order valence-electron chi connectivity index (χ2n) is 9.66. The third kappa shape index (κ3) is 5.96. The van der Waals surface area contributed by atoms with E-state index in [9.17, 15) is 0 Å². The fraction of sp³-hybridized carbons (Fsp3) is 0.615. The van der Waals surface area contributed by atoms with E-state index in [1.54, 1.807) is 6.26 Å². The molecule has 0 radical (unpaired) electrons. The zero-order valence-corrected chi connectivity index (χ0v) is 18.1. The lowest BCUT2D eigenvalue weighted by atomic mass is 9.75. The summed E-state index contributed by atoms with van der Waals surface area (Å²) in [5.74, 6) is 2.94. The highest BCUT2D eigenvalue weighted by Gasteiger charge is 2.29. The highest BCUT2D eigenvalue weighted by Crippen LogP contribution is 2.37. The van der Waals surface area contributed by atoms with E-state index >= 15 is 0 Å². The van der Waals surface area contributed by atoms with Crippen LogP contribution in [0.1, 0.15) is 74.7 Å². The largest absolute Gasteiger partial charge is 0.468 e. The lowest BCUT2D eigenvalue weighted by Crippen LogP contribution is -2.37. The lowest BCUT2D eigenvalue weighted by Gasteiger charge is -2.38. The van der Waals surface area contributed by atoms with Crippen LogP contribution in [0.25, 0.3) is 0 Å². The van der Waals surface area contributed by atoms with Gasteiger partial charge < -0.3 is 10.2 Å². The smallest absolute Gasteiger partial charge is 0.117 e. The average molecular weight is 395 g/mol. The Kier molecular flexibility index (Phi) is 7.10. The van der Waals surface area contributed by atoms with Gasteiger partial charge in [-0.15, -0.1) is 0 Å². The van der Waals surface area contributed by atoms with Gasteiger partial charge >= 0.3 is 0 Å². The summed E-state index contributed by atoms with van der Waals surface area (Å²) < 4.78 is 5.69. The van der Waals surface area contributed by atoms with E-state index in [0.717, 1.165) is 30.7 Å². The van der Waals surface area contributed by atoms with Gasteiger partial charge in [0, 0.05) is 18.6 Å². The molecule has 0 saturated heterocycles. The van der Waals surface area contributed by atoms with Crippen molar-refractivity contribution in [2.75, 3.05) is 0 Å². The summed E-state index contributed by atoms with van der Waals surface area (Å²) in [6.07, 6.45) is 13.9. The molecule has 0 spiro atoms. The summed E-state index contributed by atoms with van der Waals surface area (Å²) in [5.41, 5.74) is 8.85. The molecule has 2 saturated carbocycles. The Morgan fingerprint density at radius 2 is 1.62 bits per heavy atom. The molecule has 0 aliphatic heterocycles. The van der Waals surface area contributed by atoms with Crippen molar-refractivity contribution in [3.8, 4) is 0 Å². The molecule has 0 atom stereocenters. The minimum absolute atomic E-state index is 0.471. The van der Waals surface area contributed by atoms with Crippen LogP contribution >= 0.6 is 0 Å². The van der Waals surface area contributed by atoms with Gasteiger partial charge in [-0.25, -0.2) is 0 Å². The van der Waals surface area contributed by atoms with E-state index in [0.29, 0.717) is 12.1 Å². The second kappa shape index (κ2) is 9.95. The van der Waals surface area contributed by atoms with Gasteiger partial charge in [0.1, 0.15) is 5.76 Å². The van der Waals surface area contributed by atoms with Crippen LogP contribution in [0.2, 0.25) is 0 Å². The summed E-state index contributed by atoms with van der Waals surface area (Å²) in [6.45, 7) is 4.11. The third-order valence-corrected chi connectivity index (χ3v) is 7.30. The Morgan fingerprint density at radius 3 is 2.28 bits per heavy atom. The predicted octanol–water partition coefficient (Wildman–Crippen LogP) is 6.06. The minimum atomic E-state index is 0.471. The van der Waals surface area contributed by atoms with Crippen LogP contribution in [0.4, 0.5) is 0 Å². The molecule has 3 heteroatoms. The lowest BCUT2D eigenvalue weighted by molar-refractivity contribution is 0.104. The Balaban J connectivity index is 1.34. The number of nitrogens with zero attached hydrogens (tertiary/aromatic N) is 1. The summed E-state index contributed by atoms with van der Waals surface area (Å²) >= 11 is 0. The average Bonchev–Trinajstić information content (AvgIpc) is 3.23. The minimum Gasteiger partial charge on any atom is -0.468 e. The number of hydrogen-bond donors (Lipinski definition) is 1. The number of rotatable bonds is 7. The van der Waals surface area contributed by atoms with Crippen LogP contribution < -0.4 is 5.73 Å². The Labute approximate surface area is 176 Å². The van der Waals surface area contributed by atoms with Gasteiger partial charge in [0.2, 0.25) is 0 Å². The van der Waals surface area contributed by atoms with Gasteiger partial charge in [0.05, 0.1) is 12.8 Å². The summed E-state index contributed by atoms with van der Waals surface area (Å²) in [6, 6.07) is 14.2. The molecule has 2 aliphatic rings. The molecular formula is C26H38N2O. The highest BCUT2D eigenvalue weighted by atomic mass is 16.3. The number of benzene rings is 1. The van der Waals surface area contributed by atoms with Gasteiger partial charge in [-0.05, 0) is 94.2 Å². The maximum absolute atomic E-state index is 6.10. The highest BCUT2D eigenvalue weighted by molar-refractivity contribution is 5.22. The first kappa shape index (κ1) is 20.7. The van der Waals surface area contributed by atoms with E-state index in [2.05, 4.69) is 42.2 Å². The van der Waals surface area contributed by atoms with Crippen LogP contribution in [0.5, 0.6) is 0 Å². The zero-order chi connectivity index (χ0) is 20.1. The van der Waals surface area contributed by atoms with Crippen molar-refractivity contribution >= 4 is 0 Å². The quantitative estimate of drug-likeness (QED) is 0.621. The Morgan fingerprint density at radius 1 is 0.897 bits per heavy atom. The van der Waals surface area contributed by atoms with Gasteiger partial charge in [0.15, 0.2) is 0 Å². The zero-order valence-electron chi connectivity index (χ0n) is 18.1. The van der Waals surface area contributed by atoms with Gasteiger partial charge in [-0.1, -0.05) is 29.8 Å². The first-order chi connectivity index (χ1) is 14.2. The number of hydrogen-bond acceptors (Lipinski definition) is 3. The molecule has 2 fully saturated rings. The van der Waals surface area contributed by atoms with Crippen molar-refractivity contribution < 1.29 is 4.42 Å². The van der Waals surface area contributed by atoms with E-state index in [1.165, 1.54) is 68.9 Å². The van der Waals surface area contributed by atoms with Crippen LogP contribution in [-0.2, 0) is 13.1 Å². The standard InChI is InChI=1S/C26H38N2O/c1-20-4-2-5-23(16-20)18-28(19-26-6-3-15-29-26)25-13-9-22(10-14-25)17-21-7-11-24(27)12-8-21/h2-6,15-16,21-22,24-25H,7-14,17-19,27H2,1H3. The first-order valence-electron chi connectivity index (χ1n) is 11.7. The fourth-order valence-corrected chi connectivity index (χ4v) is 5.60. The molecule has 3 nitrogen and oxygen atoms in total. The van der Waals surface area contributed by atoms with Crippen LogP contribution in [0, 0.1) is 18.8 Å². The van der Waals surface area contributed by atoms with Gasteiger partial charge in [-0.2, -0.15) is 0 Å². The number of aryl methyl sites for hydroxylation is 1. The van der Waals surface area contributed by atoms with Crippen molar-refractivity contribution in [1.29, 1.82) is 0 Å². The maximum Gasteiger partial charge on any atom is 0.117 e. The molecule has 1 aromatic heterocycles. The summed E-state index contributed by atoms with van der Waals surface area (Å²) in [5, 5.41) is 0. The van der Waals surface area contributed by atoms with E-state index in [4.69, 9.17) is 10.2 Å².